The summed E-state index contributed by atoms with van der Waals surface area (Å²) in [5.74, 6) is 0.979. The number of oxazole rings is 1. The molecule has 1 aliphatic carbocycles. The van der Waals surface area contributed by atoms with Crippen molar-refractivity contribution in [3.8, 4) is 0 Å². The Labute approximate surface area is 116 Å². The van der Waals surface area contributed by atoms with Crippen LogP contribution in [0.1, 0.15) is 24.7 Å². The molecule has 1 aromatic heterocycles. The van der Waals surface area contributed by atoms with Crippen LogP contribution in [-0.4, -0.2) is 30.6 Å². The van der Waals surface area contributed by atoms with E-state index in [1.165, 1.54) is 7.11 Å². The van der Waals surface area contributed by atoms with Crippen LogP contribution in [0.2, 0.25) is 0 Å². The van der Waals surface area contributed by atoms with Crippen molar-refractivity contribution < 1.29 is 13.9 Å². The highest BCUT2D eigenvalue weighted by atomic mass is 16.5. The monoisotopic (exact) mass is 275 g/mol. The van der Waals surface area contributed by atoms with E-state index in [9.17, 15) is 4.79 Å². The first-order valence-corrected chi connectivity index (χ1v) is 6.63. The fourth-order valence-electron chi connectivity index (χ4n) is 2.02. The topological polar surface area (TPSA) is 90.4 Å². The number of hydrogen-bond donors (Lipinski definition) is 2. The molecule has 1 saturated carbocycles. The van der Waals surface area contributed by atoms with Crippen LogP contribution in [-0.2, 0) is 9.53 Å². The standard InChI is InChI=1S/C14H17N3O3/c1-19-7-10(15)13(18)16-9-4-5-12-11(6-9)17-14(20-12)8-2-3-8/h4-6,8,10H,2-3,7,15H2,1H3,(H,16,18). The van der Waals surface area contributed by atoms with Gasteiger partial charge in [-0.15, -0.1) is 0 Å². The molecule has 6 heteroatoms. The van der Waals surface area contributed by atoms with Crippen molar-refractivity contribution in [1.29, 1.82) is 0 Å². The van der Waals surface area contributed by atoms with Gasteiger partial charge in [-0.25, -0.2) is 4.98 Å². The Bertz CT molecular complexity index is 634. The van der Waals surface area contributed by atoms with Gasteiger partial charge in [-0.05, 0) is 31.0 Å². The number of aromatic nitrogens is 1. The van der Waals surface area contributed by atoms with Crippen LogP contribution in [0.3, 0.4) is 0 Å². The Balaban J connectivity index is 1.76. The van der Waals surface area contributed by atoms with Crippen molar-refractivity contribution in [1.82, 2.24) is 4.98 Å². The van der Waals surface area contributed by atoms with Crippen molar-refractivity contribution in [2.75, 3.05) is 19.0 Å². The van der Waals surface area contributed by atoms with Crippen molar-refractivity contribution in [3.05, 3.63) is 24.1 Å². The lowest BCUT2D eigenvalue weighted by Gasteiger charge is -2.10. The normalized spacial score (nSPS) is 16.3. The smallest absolute Gasteiger partial charge is 0.243 e. The molecule has 3 N–H and O–H groups in total. The highest BCUT2D eigenvalue weighted by Gasteiger charge is 2.28. The largest absolute Gasteiger partial charge is 0.440 e. The molecule has 1 aromatic carbocycles. The number of methoxy groups -OCH3 is 1. The fourth-order valence-corrected chi connectivity index (χ4v) is 2.02. The zero-order valence-corrected chi connectivity index (χ0v) is 11.3. The van der Waals surface area contributed by atoms with E-state index in [2.05, 4.69) is 10.3 Å². The third-order valence-corrected chi connectivity index (χ3v) is 3.28. The number of anilines is 1. The number of hydrogen-bond acceptors (Lipinski definition) is 5. The van der Waals surface area contributed by atoms with E-state index in [-0.39, 0.29) is 12.5 Å². The van der Waals surface area contributed by atoms with Gasteiger partial charge in [-0.3, -0.25) is 4.79 Å². The molecular formula is C14H17N3O3. The average molecular weight is 275 g/mol. The quantitative estimate of drug-likeness (QED) is 0.865. The average Bonchev–Trinajstić information content (AvgIpc) is 3.19. The number of ether oxygens (including phenoxy) is 1. The molecule has 0 radical (unpaired) electrons. The Morgan fingerprint density at radius 1 is 1.60 bits per heavy atom. The first-order chi connectivity index (χ1) is 9.67. The molecule has 2 aromatic rings. The van der Waals surface area contributed by atoms with Gasteiger partial charge in [0.2, 0.25) is 5.91 Å². The zero-order valence-electron chi connectivity index (χ0n) is 11.3. The number of amides is 1. The van der Waals surface area contributed by atoms with E-state index >= 15 is 0 Å². The van der Waals surface area contributed by atoms with Crippen LogP contribution in [0.4, 0.5) is 5.69 Å². The van der Waals surface area contributed by atoms with Crippen LogP contribution in [0.25, 0.3) is 11.1 Å². The number of nitrogens with zero attached hydrogens (tertiary/aromatic N) is 1. The highest BCUT2D eigenvalue weighted by Crippen LogP contribution is 2.40. The van der Waals surface area contributed by atoms with Crippen LogP contribution in [0.5, 0.6) is 0 Å². The molecule has 20 heavy (non-hydrogen) atoms. The minimum atomic E-state index is -0.685. The van der Waals surface area contributed by atoms with E-state index in [1.54, 1.807) is 12.1 Å². The molecule has 1 fully saturated rings. The third-order valence-electron chi connectivity index (χ3n) is 3.28. The first kappa shape index (κ1) is 13.1. The predicted octanol–water partition coefficient (Wildman–Crippen LogP) is 1.62. The van der Waals surface area contributed by atoms with Crippen molar-refractivity contribution in [2.24, 2.45) is 5.73 Å². The van der Waals surface area contributed by atoms with Crippen LogP contribution in [0, 0.1) is 0 Å². The predicted molar refractivity (Wildman–Crippen MR) is 74.5 cm³/mol. The number of fused-ring (bicyclic) bond motifs is 1. The number of nitrogens with one attached hydrogen (secondary N) is 1. The summed E-state index contributed by atoms with van der Waals surface area (Å²) in [5.41, 5.74) is 7.82. The van der Waals surface area contributed by atoms with Crippen LogP contribution in [0.15, 0.2) is 22.6 Å². The second-order valence-corrected chi connectivity index (χ2v) is 5.06. The number of benzene rings is 1. The number of carbonyl (C=O) groups is 1. The summed E-state index contributed by atoms with van der Waals surface area (Å²) in [6.45, 7) is 0.184. The minimum absolute atomic E-state index is 0.184. The maximum atomic E-state index is 11.8. The molecule has 106 valence electrons. The van der Waals surface area contributed by atoms with Gasteiger partial charge in [0.05, 0.1) is 6.61 Å². The van der Waals surface area contributed by atoms with Gasteiger partial charge in [-0.2, -0.15) is 0 Å². The molecule has 0 saturated heterocycles. The Morgan fingerprint density at radius 2 is 2.40 bits per heavy atom. The molecule has 1 unspecified atom stereocenters. The molecule has 0 aliphatic heterocycles. The second kappa shape index (κ2) is 5.22. The summed E-state index contributed by atoms with van der Waals surface area (Å²) < 4.78 is 10.5. The Morgan fingerprint density at radius 3 is 3.10 bits per heavy atom. The summed E-state index contributed by atoms with van der Waals surface area (Å²) >= 11 is 0. The maximum absolute atomic E-state index is 11.8. The van der Waals surface area contributed by atoms with E-state index in [0.717, 1.165) is 29.8 Å². The number of carbonyl (C=O) groups excluding carboxylic acids is 1. The molecule has 1 heterocycles. The maximum Gasteiger partial charge on any atom is 0.243 e. The molecule has 1 amide bonds. The van der Waals surface area contributed by atoms with Gasteiger partial charge in [0.15, 0.2) is 11.5 Å². The summed E-state index contributed by atoms with van der Waals surface area (Å²) in [6.07, 6.45) is 2.28. The van der Waals surface area contributed by atoms with Crippen molar-refractivity contribution >= 4 is 22.7 Å². The zero-order chi connectivity index (χ0) is 14.1. The molecule has 0 bridgehead atoms. The molecule has 1 aliphatic rings. The van der Waals surface area contributed by atoms with Crippen LogP contribution < -0.4 is 11.1 Å². The lowest BCUT2D eigenvalue weighted by Crippen LogP contribution is -2.39. The molecule has 6 nitrogen and oxygen atoms in total. The highest BCUT2D eigenvalue weighted by molar-refractivity contribution is 5.96. The lowest BCUT2D eigenvalue weighted by atomic mass is 10.2. The Hall–Kier alpha value is -1.92. The van der Waals surface area contributed by atoms with Crippen molar-refractivity contribution in [3.63, 3.8) is 0 Å². The number of rotatable bonds is 5. The molecule has 1 atom stereocenters. The van der Waals surface area contributed by atoms with Gasteiger partial charge < -0.3 is 20.2 Å². The Kier molecular flexibility index (Phi) is 3.42. The summed E-state index contributed by atoms with van der Waals surface area (Å²) in [7, 11) is 1.51. The number of nitrogens with two attached hydrogens (primary N) is 1. The van der Waals surface area contributed by atoms with E-state index < -0.39 is 6.04 Å². The van der Waals surface area contributed by atoms with Gasteiger partial charge in [0.1, 0.15) is 11.6 Å². The second-order valence-electron chi connectivity index (χ2n) is 5.06. The SMILES string of the molecule is COCC(N)C(=O)Nc1ccc2oc(C3CC3)nc2c1. The molecular weight excluding hydrogens is 258 g/mol. The summed E-state index contributed by atoms with van der Waals surface area (Å²) in [6, 6.07) is 4.70. The molecule has 3 rings (SSSR count). The summed E-state index contributed by atoms with van der Waals surface area (Å²) in [4.78, 5) is 16.3. The third kappa shape index (κ3) is 2.66. The van der Waals surface area contributed by atoms with E-state index in [0.29, 0.717) is 11.6 Å². The lowest BCUT2D eigenvalue weighted by molar-refractivity contribution is -0.118. The molecule has 0 spiro atoms. The van der Waals surface area contributed by atoms with Crippen molar-refractivity contribution in [2.45, 2.75) is 24.8 Å². The fraction of sp³-hybridized carbons (Fsp3) is 0.429. The van der Waals surface area contributed by atoms with Crippen LogP contribution >= 0.6 is 0 Å². The first-order valence-electron chi connectivity index (χ1n) is 6.63. The van der Waals surface area contributed by atoms with E-state index in [4.69, 9.17) is 14.9 Å². The van der Waals surface area contributed by atoms with E-state index in [1.807, 2.05) is 6.07 Å². The minimum Gasteiger partial charge on any atom is -0.440 e. The van der Waals surface area contributed by atoms with Gasteiger partial charge >= 0.3 is 0 Å². The van der Waals surface area contributed by atoms with Gasteiger partial charge in [0.25, 0.3) is 0 Å². The van der Waals surface area contributed by atoms with Gasteiger partial charge in [0, 0.05) is 18.7 Å². The summed E-state index contributed by atoms with van der Waals surface area (Å²) in [5, 5.41) is 2.75. The van der Waals surface area contributed by atoms with Gasteiger partial charge in [-0.1, -0.05) is 0 Å².